The van der Waals surface area contributed by atoms with Crippen molar-refractivity contribution in [3.8, 4) is 6.07 Å². The normalized spacial score (nSPS) is 12.8. The Morgan fingerprint density at radius 1 is 1.35 bits per heavy atom. The smallest absolute Gasteiger partial charge is 0.248 e. The first-order valence-corrected chi connectivity index (χ1v) is 7.04. The van der Waals surface area contributed by atoms with E-state index in [9.17, 15) is 8.42 Å². The van der Waals surface area contributed by atoms with Crippen molar-refractivity contribution >= 4 is 15.7 Å². The second-order valence-corrected chi connectivity index (χ2v) is 5.87. The van der Waals surface area contributed by atoms with E-state index >= 15 is 0 Å². The molecule has 0 aromatic heterocycles. The number of sulfonamides is 1. The summed E-state index contributed by atoms with van der Waals surface area (Å²) in [7, 11) is -3.60. The number of aryl methyl sites for hydroxylation is 1. The average Bonchev–Trinajstić information content (AvgIpc) is 2.30. The molecule has 4 nitrogen and oxygen atoms in total. The van der Waals surface area contributed by atoms with Crippen molar-refractivity contribution in [2.45, 2.75) is 31.9 Å². The van der Waals surface area contributed by atoms with Gasteiger partial charge in [-0.2, -0.15) is 5.26 Å². The summed E-state index contributed by atoms with van der Waals surface area (Å²) >= 11 is 0. The minimum Gasteiger partial charge on any atom is -0.282 e. The lowest BCUT2D eigenvalue weighted by Crippen LogP contribution is -2.23. The molecule has 0 heterocycles. The number of nitrogens with one attached hydrogen (secondary N) is 1. The Morgan fingerprint density at radius 2 is 1.94 bits per heavy atom. The van der Waals surface area contributed by atoms with Crippen molar-refractivity contribution in [2.75, 3.05) is 4.72 Å². The summed E-state index contributed by atoms with van der Waals surface area (Å²) in [6.07, 6.45) is 2.03. The second-order valence-electron chi connectivity index (χ2n) is 3.87. The average molecular weight is 252 g/mol. The van der Waals surface area contributed by atoms with Crippen LogP contribution in [-0.2, 0) is 16.4 Å². The molecule has 1 aromatic carbocycles. The van der Waals surface area contributed by atoms with Gasteiger partial charge in [0, 0.05) is 5.69 Å². The number of nitriles is 1. The van der Waals surface area contributed by atoms with Crippen LogP contribution in [-0.4, -0.2) is 13.7 Å². The summed E-state index contributed by atoms with van der Waals surface area (Å²) in [6, 6.07) is 8.91. The summed E-state index contributed by atoms with van der Waals surface area (Å²) < 4.78 is 25.6. The van der Waals surface area contributed by atoms with Gasteiger partial charge in [-0.25, -0.2) is 8.42 Å². The fourth-order valence-corrected chi connectivity index (χ4v) is 2.13. The maximum Gasteiger partial charge on any atom is 0.248 e. The molecular formula is C12H16N2O2S. The molecule has 0 saturated heterocycles. The minimum absolute atomic E-state index is 0.493. The predicted octanol–water partition coefficient (Wildman–Crippen LogP) is 2.29. The van der Waals surface area contributed by atoms with Gasteiger partial charge < -0.3 is 0 Å². The van der Waals surface area contributed by atoms with E-state index in [0.717, 1.165) is 12.8 Å². The SMILES string of the molecule is CCCc1ccc(NS(=O)(=O)C(C)C#N)cc1. The zero-order chi connectivity index (χ0) is 12.9. The number of anilines is 1. The summed E-state index contributed by atoms with van der Waals surface area (Å²) in [4.78, 5) is 0. The Kier molecular flexibility index (Phi) is 4.53. The second kappa shape index (κ2) is 5.69. The quantitative estimate of drug-likeness (QED) is 0.874. The molecule has 1 atom stereocenters. The molecule has 0 aliphatic carbocycles. The molecule has 92 valence electrons. The molecule has 0 saturated carbocycles. The zero-order valence-electron chi connectivity index (χ0n) is 9.97. The highest BCUT2D eigenvalue weighted by Gasteiger charge is 2.19. The minimum atomic E-state index is -3.60. The van der Waals surface area contributed by atoms with Gasteiger partial charge in [-0.1, -0.05) is 25.5 Å². The molecule has 0 spiro atoms. The largest absolute Gasteiger partial charge is 0.282 e. The van der Waals surface area contributed by atoms with Crippen LogP contribution in [0.2, 0.25) is 0 Å². The van der Waals surface area contributed by atoms with Gasteiger partial charge in [-0.3, -0.25) is 4.72 Å². The Morgan fingerprint density at radius 3 is 2.41 bits per heavy atom. The third-order valence-electron chi connectivity index (χ3n) is 2.40. The van der Waals surface area contributed by atoms with Crippen molar-refractivity contribution in [1.29, 1.82) is 5.26 Å². The lowest BCUT2D eigenvalue weighted by molar-refractivity contribution is 0.597. The molecule has 0 fully saturated rings. The topological polar surface area (TPSA) is 70.0 Å². The molecule has 0 amide bonds. The molecular weight excluding hydrogens is 236 g/mol. The third-order valence-corrected chi connectivity index (χ3v) is 3.96. The molecule has 1 rings (SSSR count). The number of rotatable bonds is 5. The number of hydrogen-bond acceptors (Lipinski definition) is 3. The van der Waals surface area contributed by atoms with E-state index in [2.05, 4.69) is 11.6 Å². The van der Waals surface area contributed by atoms with Crippen LogP contribution in [0.1, 0.15) is 25.8 Å². The van der Waals surface area contributed by atoms with Gasteiger partial charge in [-0.15, -0.1) is 0 Å². The maximum atomic E-state index is 11.6. The number of benzene rings is 1. The molecule has 0 bridgehead atoms. The first kappa shape index (κ1) is 13.5. The van der Waals surface area contributed by atoms with E-state index in [-0.39, 0.29) is 0 Å². The Labute approximate surface area is 102 Å². The third kappa shape index (κ3) is 3.75. The monoisotopic (exact) mass is 252 g/mol. The van der Waals surface area contributed by atoms with Crippen molar-refractivity contribution in [2.24, 2.45) is 0 Å². The molecule has 1 N–H and O–H groups in total. The van der Waals surface area contributed by atoms with Gasteiger partial charge >= 0.3 is 0 Å². The summed E-state index contributed by atoms with van der Waals surface area (Å²) in [5.74, 6) is 0. The van der Waals surface area contributed by atoms with Crippen LogP contribution in [0, 0.1) is 11.3 Å². The number of hydrogen-bond donors (Lipinski definition) is 1. The van der Waals surface area contributed by atoms with Crippen molar-refractivity contribution in [3.63, 3.8) is 0 Å². The Balaban J connectivity index is 2.80. The standard InChI is InChI=1S/C12H16N2O2S/c1-3-4-11-5-7-12(8-6-11)14-17(15,16)10(2)9-13/h5-8,10,14H,3-4H2,1-2H3. The first-order chi connectivity index (χ1) is 7.99. The summed E-state index contributed by atoms with van der Waals surface area (Å²) in [5, 5.41) is 7.54. The molecule has 1 unspecified atom stereocenters. The van der Waals surface area contributed by atoms with E-state index in [4.69, 9.17) is 5.26 Å². The highest BCUT2D eigenvalue weighted by Crippen LogP contribution is 2.14. The Hall–Kier alpha value is -1.54. The molecule has 0 radical (unpaired) electrons. The van der Waals surface area contributed by atoms with Crippen LogP contribution in [0.15, 0.2) is 24.3 Å². The summed E-state index contributed by atoms with van der Waals surface area (Å²) in [5.41, 5.74) is 1.66. The number of nitrogens with zero attached hydrogens (tertiary/aromatic N) is 1. The van der Waals surface area contributed by atoms with E-state index in [0.29, 0.717) is 5.69 Å². The van der Waals surface area contributed by atoms with Crippen LogP contribution in [0.3, 0.4) is 0 Å². The van der Waals surface area contributed by atoms with Crippen LogP contribution >= 0.6 is 0 Å². The first-order valence-electron chi connectivity index (χ1n) is 5.49. The van der Waals surface area contributed by atoms with Gasteiger partial charge in [0.25, 0.3) is 0 Å². The maximum absolute atomic E-state index is 11.6. The molecule has 17 heavy (non-hydrogen) atoms. The molecule has 0 aliphatic rings. The van der Waals surface area contributed by atoms with Crippen molar-refractivity contribution in [1.82, 2.24) is 0 Å². The van der Waals surface area contributed by atoms with Gasteiger partial charge in [0.1, 0.15) is 0 Å². The van der Waals surface area contributed by atoms with Gasteiger partial charge in [-0.05, 0) is 31.0 Å². The predicted molar refractivity (Wildman–Crippen MR) is 68.1 cm³/mol. The van der Waals surface area contributed by atoms with Crippen LogP contribution in [0.5, 0.6) is 0 Å². The highest BCUT2D eigenvalue weighted by atomic mass is 32.2. The van der Waals surface area contributed by atoms with E-state index in [1.807, 2.05) is 12.1 Å². The Bertz CT molecular complexity index is 500. The highest BCUT2D eigenvalue weighted by molar-refractivity contribution is 7.93. The van der Waals surface area contributed by atoms with Gasteiger partial charge in [0.15, 0.2) is 5.25 Å². The fraction of sp³-hybridized carbons (Fsp3) is 0.417. The van der Waals surface area contributed by atoms with E-state index in [1.54, 1.807) is 18.2 Å². The molecule has 5 heteroatoms. The lowest BCUT2D eigenvalue weighted by atomic mass is 10.1. The van der Waals surface area contributed by atoms with Crippen molar-refractivity contribution in [3.05, 3.63) is 29.8 Å². The van der Waals surface area contributed by atoms with Crippen molar-refractivity contribution < 1.29 is 8.42 Å². The fourth-order valence-electron chi connectivity index (χ4n) is 1.35. The zero-order valence-corrected chi connectivity index (χ0v) is 10.8. The summed E-state index contributed by atoms with van der Waals surface area (Å²) in [6.45, 7) is 3.44. The van der Waals surface area contributed by atoms with Crippen LogP contribution < -0.4 is 4.72 Å². The van der Waals surface area contributed by atoms with Crippen LogP contribution in [0.4, 0.5) is 5.69 Å². The van der Waals surface area contributed by atoms with Gasteiger partial charge in [0.05, 0.1) is 6.07 Å². The lowest BCUT2D eigenvalue weighted by Gasteiger charge is -2.09. The molecule has 1 aromatic rings. The van der Waals surface area contributed by atoms with E-state index < -0.39 is 15.3 Å². The van der Waals surface area contributed by atoms with Gasteiger partial charge in [0.2, 0.25) is 10.0 Å². The molecule has 0 aliphatic heterocycles. The van der Waals surface area contributed by atoms with Crippen LogP contribution in [0.25, 0.3) is 0 Å². The van der Waals surface area contributed by atoms with E-state index in [1.165, 1.54) is 12.5 Å².